The second kappa shape index (κ2) is 5.69. The monoisotopic (exact) mass is 258 g/mol. The summed E-state index contributed by atoms with van der Waals surface area (Å²) in [5.74, 6) is 1.18. The first-order valence-corrected chi connectivity index (χ1v) is 6.43. The molecule has 0 saturated carbocycles. The number of carbonyl (C=O) groups is 1. The van der Waals surface area contributed by atoms with Crippen LogP contribution in [0.1, 0.15) is 42.6 Å². The molecule has 1 aromatic carbocycles. The summed E-state index contributed by atoms with van der Waals surface area (Å²) < 4.78 is 5.63. The zero-order valence-corrected chi connectivity index (χ0v) is 11.4. The summed E-state index contributed by atoms with van der Waals surface area (Å²) in [5, 5.41) is 6.81. The Balaban J connectivity index is 2.57. The average Bonchev–Trinajstić information content (AvgIpc) is 2.87. The van der Waals surface area contributed by atoms with Crippen molar-refractivity contribution < 1.29 is 9.53 Å². The van der Waals surface area contributed by atoms with E-state index < -0.39 is 0 Å². The van der Waals surface area contributed by atoms with Gasteiger partial charge in [0.25, 0.3) is 0 Å². The molecule has 0 aliphatic heterocycles. The molecule has 0 fully saturated rings. The number of aromatic nitrogens is 2. The van der Waals surface area contributed by atoms with Crippen molar-refractivity contribution in [2.24, 2.45) is 0 Å². The summed E-state index contributed by atoms with van der Waals surface area (Å²) in [6.45, 7) is 6.78. The lowest BCUT2D eigenvalue weighted by molar-refractivity contribution is 0.112. The number of benzene rings is 1. The number of hydrogen-bond donors (Lipinski definition) is 1. The first-order chi connectivity index (χ1) is 9.17. The smallest absolute Gasteiger partial charge is 0.153 e. The molecule has 0 bridgehead atoms. The molecule has 1 heterocycles. The Morgan fingerprint density at radius 2 is 2.21 bits per heavy atom. The van der Waals surface area contributed by atoms with E-state index in [1.54, 1.807) is 0 Å². The van der Waals surface area contributed by atoms with Crippen LogP contribution in [0.25, 0.3) is 11.3 Å². The number of nitrogens with zero attached hydrogens (tertiary/aromatic N) is 1. The lowest BCUT2D eigenvalue weighted by atomic mass is 9.98. The largest absolute Gasteiger partial charge is 0.493 e. The number of aldehydes is 1. The minimum absolute atomic E-state index is 0.414. The van der Waals surface area contributed by atoms with Gasteiger partial charge in [-0.05, 0) is 30.5 Å². The zero-order valence-electron chi connectivity index (χ0n) is 11.4. The van der Waals surface area contributed by atoms with Gasteiger partial charge in [0.2, 0.25) is 0 Å². The van der Waals surface area contributed by atoms with Gasteiger partial charge in [-0.1, -0.05) is 19.9 Å². The molecular formula is C15H18N2O2. The molecule has 4 nitrogen and oxygen atoms in total. The Morgan fingerprint density at radius 3 is 2.84 bits per heavy atom. The molecule has 0 spiro atoms. The third-order valence-corrected chi connectivity index (χ3v) is 3.04. The lowest BCUT2D eigenvalue weighted by Gasteiger charge is -2.13. The van der Waals surface area contributed by atoms with Crippen LogP contribution in [-0.4, -0.2) is 23.1 Å². The molecular weight excluding hydrogens is 240 g/mol. The highest BCUT2D eigenvalue weighted by Crippen LogP contribution is 2.33. The van der Waals surface area contributed by atoms with E-state index in [0.717, 1.165) is 17.6 Å². The Morgan fingerprint density at radius 1 is 1.42 bits per heavy atom. The van der Waals surface area contributed by atoms with Crippen LogP contribution in [0.2, 0.25) is 0 Å². The topological polar surface area (TPSA) is 55.0 Å². The Bertz CT molecular complexity index is 573. The molecule has 100 valence electrons. The van der Waals surface area contributed by atoms with Crippen molar-refractivity contribution in [1.82, 2.24) is 10.2 Å². The van der Waals surface area contributed by atoms with Crippen LogP contribution in [0.15, 0.2) is 24.4 Å². The van der Waals surface area contributed by atoms with Gasteiger partial charge in [-0.2, -0.15) is 5.10 Å². The number of carbonyl (C=O) groups excluding carboxylic acids is 1. The van der Waals surface area contributed by atoms with E-state index >= 15 is 0 Å². The second-order valence-electron chi connectivity index (χ2n) is 4.66. The van der Waals surface area contributed by atoms with Crippen molar-refractivity contribution in [3.63, 3.8) is 0 Å². The fourth-order valence-electron chi connectivity index (χ4n) is 1.98. The Labute approximate surface area is 112 Å². The highest BCUT2D eigenvalue weighted by molar-refractivity contribution is 5.87. The first kappa shape index (κ1) is 13.3. The highest BCUT2D eigenvalue weighted by atomic mass is 16.5. The molecule has 0 amide bonds. The minimum Gasteiger partial charge on any atom is -0.493 e. The van der Waals surface area contributed by atoms with E-state index in [1.807, 2.05) is 13.0 Å². The lowest BCUT2D eigenvalue weighted by Crippen LogP contribution is -1.98. The Kier molecular flexibility index (Phi) is 4.00. The van der Waals surface area contributed by atoms with E-state index in [4.69, 9.17) is 4.74 Å². The van der Waals surface area contributed by atoms with E-state index in [0.29, 0.717) is 23.8 Å². The number of H-pyrrole nitrogens is 1. The molecule has 0 atom stereocenters. The van der Waals surface area contributed by atoms with Crippen molar-refractivity contribution in [1.29, 1.82) is 0 Å². The summed E-state index contributed by atoms with van der Waals surface area (Å²) in [5.41, 5.74) is 3.33. The molecule has 0 aliphatic carbocycles. The highest BCUT2D eigenvalue weighted by Gasteiger charge is 2.14. The fourth-order valence-corrected chi connectivity index (χ4v) is 1.98. The van der Waals surface area contributed by atoms with Gasteiger partial charge in [0, 0.05) is 5.56 Å². The predicted molar refractivity (Wildman–Crippen MR) is 74.7 cm³/mol. The number of nitrogens with one attached hydrogen (secondary N) is 1. The molecule has 1 aromatic heterocycles. The molecule has 2 rings (SSSR count). The summed E-state index contributed by atoms with van der Waals surface area (Å²) >= 11 is 0. The van der Waals surface area contributed by atoms with Crippen LogP contribution < -0.4 is 4.74 Å². The van der Waals surface area contributed by atoms with Crippen LogP contribution in [-0.2, 0) is 0 Å². The second-order valence-corrected chi connectivity index (χ2v) is 4.66. The van der Waals surface area contributed by atoms with Crippen molar-refractivity contribution in [3.8, 4) is 17.0 Å². The van der Waals surface area contributed by atoms with Gasteiger partial charge in [-0.25, -0.2) is 0 Å². The van der Waals surface area contributed by atoms with Gasteiger partial charge in [-0.3, -0.25) is 9.89 Å². The fraction of sp³-hybridized carbons (Fsp3) is 0.333. The SMILES string of the molecule is CCOc1ccc(C(C)C)cc1-c1[nH]ncc1C=O. The van der Waals surface area contributed by atoms with E-state index in [1.165, 1.54) is 11.8 Å². The van der Waals surface area contributed by atoms with Gasteiger partial charge in [0.1, 0.15) is 5.75 Å². The summed E-state index contributed by atoms with van der Waals surface area (Å²) in [7, 11) is 0. The number of ether oxygens (including phenoxy) is 1. The minimum atomic E-state index is 0.414. The van der Waals surface area contributed by atoms with E-state index in [2.05, 4.69) is 36.2 Å². The summed E-state index contributed by atoms with van der Waals surface area (Å²) in [4.78, 5) is 11.0. The Hall–Kier alpha value is -2.10. The predicted octanol–water partition coefficient (Wildman–Crippen LogP) is 3.41. The van der Waals surface area contributed by atoms with Gasteiger partial charge in [0.15, 0.2) is 6.29 Å². The summed E-state index contributed by atoms with van der Waals surface area (Å²) in [6, 6.07) is 6.05. The molecule has 1 N–H and O–H groups in total. The van der Waals surface area contributed by atoms with Crippen LogP contribution in [0, 0.1) is 0 Å². The quantitative estimate of drug-likeness (QED) is 0.836. The molecule has 0 aliphatic rings. The van der Waals surface area contributed by atoms with Crippen molar-refractivity contribution in [3.05, 3.63) is 35.5 Å². The normalized spacial score (nSPS) is 10.7. The summed E-state index contributed by atoms with van der Waals surface area (Å²) in [6.07, 6.45) is 2.33. The maximum Gasteiger partial charge on any atom is 0.153 e. The first-order valence-electron chi connectivity index (χ1n) is 6.43. The number of hydrogen-bond acceptors (Lipinski definition) is 3. The van der Waals surface area contributed by atoms with E-state index in [-0.39, 0.29) is 0 Å². The molecule has 19 heavy (non-hydrogen) atoms. The van der Waals surface area contributed by atoms with Crippen LogP contribution in [0.5, 0.6) is 5.75 Å². The van der Waals surface area contributed by atoms with E-state index in [9.17, 15) is 4.79 Å². The van der Waals surface area contributed by atoms with Gasteiger partial charge in [0.05, 0.1) is 24.1 Å². The van der Waals surface area contributed by atoms with Crippen LogP contribution >= 0.6 is 0 Å². The molecule has 4 heteroatoms. The van der Waals surface area contributed by atoms with Gasteiger partial charge < -0.3 is 4.74 Å². The third-order valence-electron chi connectivity index (χ3n) is 3.04. The number of rotatable bonds is 5. The van der Waals surface area contributed by atoms with Crippen LogP contribution in [0.3, 0.4) is 0 Å². The maximum atomic E-state index is 11.0. The zero-order chi connectivity index (χ0) is 13.8. The molecule has 0 radical (unpaired) electrons. The van der Waals surface area contributed by atoms with Crippen molar-refractivity contribution in [2.45, 2.75) is 26.7 Å². The third kappa shape index (κ3) is 2.67. The number of aromatic amines is 1. The average molecular weight is 258 g/mol. The van der Waals surface area contributed by atoms with Gasteiger partial charge >= 0.3 is 0 Å². The molecule has 2 aromatic rings. The van der Waals surface area contributed by atoms with Gasteiger partial charge in [-0.15, -0.1) is 0 Å². The van der Waals surface area contributed by atoms with Crippen LogP contribution in [0.4, 0.5) is 0 Å². The molecule has 0 unspecified atom stereocenters. The van der Waals surface area contributed by atoms with Crippen molar-refractivity contribution in [2.75, 3.05) is 6.61 Å². The molecule has 0 saturated heterocycles. The van der Waals surface area contributed by atoms with Crippen molar-refractivity contribution >= 4 is 6.29 Å². The maximum absolute atomic E-state index is 11.0. The standard InChI is InChI=1S/C15H18N2O2/c1-4-19-14-6-5-11(10(2)3)7-13(14)15-12(9-18)8-16-17-15/h5-10H,4H2,1-3H3,(H,16,17).